The molecule has 1 aromatic carbocycles. The van der Waals surface area contributed by atoms with Gasteiger partial charge < -0.3 is 4.57 Å². The number of halogens is 6. The number of benzene rings is 1. The van der Waals surface area contributed by atoms with Crippen LogP contribution in [0.5, 0.6) is 0 Å². The smallest absolute Gasteiger partial charge is 0.307 e. The minimum atomic E-state index is -4.86. The second-order valence-corrected chi connectivity index (χ2v) is 5.47. The third-order valence-corrected chi connectivity index (χ3v) is 3.78. The van der Waals surface area contributed by atoms with Crippen LogP contribution < -0.4 is 5.56 Å². The molecule has 11 heteroatoms. The van der Waals surface area contributed by atoms with Gasteiger partial charge in [0.1, 0.15) is 16.5 Å². The van der Waals surface area contributed by atoms with Crippen molar-refractivity contribution in [3.8, 4) is 11.1 Å². The number of hydrogen-bond acceptors (Lipinski definition) is 3. The maximum Gasteiger partial charge on any atom is 0.431 e. The Kier molecular flexibility index (Phi) is 4.60. The highest BCUT2D eigenvalue weighted by molar-refractivity contribution is 6.34. The van der Waals surface area contributed by atoms with Crippen molar-refractivity contribution in [2.24, 2.45) is 7.05 Å². The first-order chi connectivity index (χ1) is 10.9. The van der Waals surface area contributed by atoms with E-state index in [4.69, 9.17) is 23.2 Å². The van der Waals surface area contributed by atoms with Gasteiger partial charge in [-0.3, -0.25) is 14.9 Å². The van der Waals surface area contributed by atoms with E-state index >= 15 is 0 Å². The number of aromatic nitrogens is 1. The van der Waals surface area contributed by atoms with Gasteiger partial charge >= 0.3 is 6.18 Å². The molecule has 0 saturated carbocycles. The van der Waals surface area contributed by atoms with Crippen LogP contribution in [0.4, 0.5) is 23.2 Å². The molecule has 2 rings (SSSR count). The number of nitro groups is 1. The highest BCUT2D eigenvalue weighted by Crippen LogP contribution is 2.37. The van der Waals surface area contributed by atoms with Crippen molar-refractivity contribution in [3.05, 3.63) is 60.2 Å². The number of alkyl halides is 3. The molecule has 0 aliphatic rings. The van der Waals surface area contributed by atoms with Gasteiger partial charge in [0.05, 0.1) is 15.5 Å². The van der Waals surface area contributed by atoms with Gasteiger partial charge in [-0.2, -0.15) is 13.2 Å². The van der Waals surface area contributed by atoms with Crippen LogP contribution in [0.25, 0.3) is 11.1 Å². The maximum absolute atomic E-state index is 14.1. The Morgan fingerprint density at radius 2 is 1.75 bits per heavy atom. The number of hydrogen-bond donors (Lipinski definition) is 0. The highest BCUT2D eigenvalue weighted by atomic mass is 35.5. The van der Waals surface area contributed by atoms with Crippen LogP contribution in [0.15, 0.2) is 23.0 Å². The van der Waals surface area contributed by atoms with Gasteiger partial charge in [-0.05, 0) is 6.07 Å². The molecule has 0 unspecified atom stereocenters. The fourth-order valence-electron chi connectivity index (χ4n) is 2.05. The Hall–Kier alpha value is -2.13. The quantitative estimate of drug-likeness (QED) is 0.437. The summed E-state index contributed by atoms with van der Waals surface area (Å²) < 4.78 is 52.8. The topological polar surface area (TPSA) is 65.1 Å². The van der Waals surface area contributed by atoms with E-state index in [-0.39, 0.29) is 4.57 Å². The normalized spacial score (nSPS) is 11.6. The molecule has 0 aliphatic heterocycles. The van der Waals surface area contributed by atoms with Crippen LogP contribution in [0.3, 0.4) is 0 Å². The molecule has 0 radical (unpaired) electrons. The van der Waals surface area contributed by atoms with Crippen LogP contribution in [-0.2, 0) is 13.2 Å². The van der Waals surface area contributed by atoms with Gasteiger partial charge in [-0.1, -0.05) is 23.2 Å². The van der Waals surface area contributed by atoms with Crippen LogP contribution in [-0.4, -0.2) is 9.49 Å². The van der Waals surface area contributed by atoms with Gasteiger partial charge in [-0.15, -0.1) is 0 Å². The zero-order valence-corrected chi connectivity index (χ0v) is 13.1. The Balaban J connectivity index is 2.85. The summed E-state index contributed by atoms with van der Waals surface area (Å²) in [5.74, 6) is -1.13. The lowest BCUT2D eigenvalue weighted by Gasteiger charge is -2.15. The summed E-state index contributed by atoms with van der Waals surface area (Å²) in [6.45, 7) is 0. The van der Waals surface area contributed by atoms with Gasteiger partial charge in [0, 0.05) is 24.7 Å². The van der Waals surface area contributed by atoms with Gasteiger partial charge in [0.25, 0.3) is 11.2 Å². The molecule has 1 aromatic heterocycles. The van der Waals surface area contributed by atoms with E-state index in [1.165, 1.54) is 0 Å². The molecule has 5 nitrogen and oxygen atoms in total. The third kappa shape index (κ3) is 3.09. The van der Waals surface area contributed by atoms with Crippen molar-refractivity contribution >= 4 is 28.9 Å². The van der Waals surface area contributed by atoms with Crippen molar-refractivity contribution in [1.29, 1.82) is 0 Å². The lowest BCUT2D eigenvalue weighted by molar-refractivity contribution is -0.384. The molecular weight excluding hydrogens is 379 g/mol. The number of rotatable bonds is 2. The summed E-state index contributed by atoms with van der Waals surface area (Å²) in [5, 5.41) is 9.65. The van der Waals surface area contributed by atoms with Crippen LogP contribution in [0, 0.1) is 15.9 Å². The molecule has 24 heavy (non-hydrogen) atoms. The summed E-state index contributed by atoms with van der Waals surface area (Å²) in [4.78, 5) is 22.1. The fourth-order valence-corrected chi connectivity index (χ4v) is 2.56. The molecule has 1 heterocycles. The molecule has 128 valence electrons. The van der Waals surface area contributed by atoms with Crippen LogP contribution in [0.1, 0.15) is 5.69 Å². The van der Waals surface area contributed by atoms with E-state index in [9.17, 15) is 32.5 Å². The lowest BCUT2D eigenvalue weighted by Crippen LogP contribution is -2.27. The predicted molar refractivity (Wildman–Crippen MR) is 78.8 cm³/mol. The van der Waals surface area contributed by atoms with Crippen LogP contribution >= 0.6 is 23.2 Å². The van der Waals surface area contributed by atoms with E-state index in [2.05, 4.69) is 0 Å². The average Bonchev–Trinajstić information content (AvgIpc) is 2.43. The van der Waals surface area contributed by atoms with E-state index in [1.807, 2.05) is 0 Å². The van der Waals surface area contributed by atoms with Gasteiger partial charge in [-0.25, -0.2) is 4.39 Å². The van der Waals surface area contributed by atoms with E-state index in [0.717, 1.165) is 7.05 Å². The number of nitrogens with zero attached hydrogens (tertiary/aromatic N) is 2. The summed E-state index contributed by atoms with van der Waals surface area (Å²) in [7, 11) is 0.827. The molecule has 0 fully saturated rings. The Morgan fingerprint density at radius 1 is 1.17 bits per heavy atom. The monoisotopic (exact) mass is 384 g/mol. The van der Waals surface area contributed by atoms with Crippen molar-refractivity contribution in [2.45, 2.75) is 6.18 Å². The number of nitro benzene ring substituents is 1. The second-order valence-electron chi connectivity index (χ2n) is 4.66. The second kappa shape index (κ2) is 6.06. The first kappa shape index (κ1) is 18.2. The molecule has 0 aliphatic carbocycles. The maximum atomic E-state index is 14.1. The zero-order valence-electron chi connectivity index (χ0n) is 11.6. The van der Waals surface area contributed by atoms with Crippen molar-refractivity contribution in [3.63, 3.8) is 0 Å². The molecule has 0 saturated heterocycles. The molecule has 0 N–H and O–H groups in total. The van der Waals surface area contributed by atoms with Crippen molar-refractivity contribution < 1.29 is 22.5 Å². The SMILES string of the molecule is Cn1c(C(F)(F)F)cc(Cl)c(-c2cc([N+](=O)[O-])c(Cl)cc2F)c1=O. The molecular formula is C13H6Cl2F4N2O3. The summed E-state index contributed by atoms with van der Waals surface area (Å²) >= 11 is 11.2. The predicted octanol–water partition coefficient (Wildman–Crippen LogP) is 4.43. The summed E-state index contributed by atoms with van der Waals surface area (Å²) in [6, 6.07) is 1.67. The Labute approximate surface area is 141 Å². The molecule has 0 amide bonds. The lowest BCUT2D eigenvalue weighted by atomic mass is 10.0. The first-order valence-electron chi connectivity index (χ1n) is 6.05. The fraction of sp³-hybridized carbons (Fsp3) is 0.154. The highest BCUT2D eigenvalue weighted by Gasteiger charge is 2.35. The summed E-state index contributed by atoms with van der Waals surface area (Å²) in [5.41, 5.74) is -4.57. The number of pyridine rings is 1. The van der Waals surface area contributed by atoms with Crippen molar-refractivity contribution in [1.82, 2.24) is 4.57 Å². The largest absolute Gasteiger partial charge is 0.431 e. The molecule has 0 atom stereocenters. The van der Waals surface area contributed by atoms with Gasteiger partial charge in [0.15, 0.2) is 0 Å². The van der Waals surface area contributed by atoms with E-state index in [1.54, 1.807) is 0 Å². The minimum absolute atomic E-state index is 0.237. The third-order valence-electron chi connectivity index (χ3n) is 3.18. The van der Waals surface area contributed by atoms with Gasteiger partial charge in [0.2, 0.25) is 0 Å². The zero-order chi connectivity index (χ0) is 18.4. The van der Waals surface area contributed by atoms with Crippen molar-refractivity contribution in [2.75, 3.05) is 0 Å². The molecule has 2 aromatic rings. The summed E-state index contributed by atoms with van der Waals surface area (Å²) in [6.07, 6.45) is -4.86. The minimum Gasteiger partial charge on any atom is -0.307 e. The first-order valence-corrected chi connectivity index (χ1v) is 6.81. The Bertz CT molecular complexity index is 910. The molecule has 0 bridgehead atoms. The standard InChI is InChI=1S/C13H6Cl2F4N2O3/c1-20-10(13(17,18)19)4-7(15)11(12(20)22)5-2-9(21(23)24)6(14)3-8(5)16/h2-4H,1H3. The Morgan fingerprint density at radius 3 is 2.25 bits per heavy atom. The molecule has 0 spiro atoms. The van der Waals surface area contributed by atoms with E-state index in [0.29, 0.717) is 18.2 Å². The average molecular weight is 385 g/mol. The van der Waals surface area contributed by atoms with Crippen LogP contribution in [0.2, 0.25) is 10.0 Å². The van der Waals surface area contributed by atoms with E-state index < -0.39 is 55.0 Å².